The number of nitrogens with zero attached hydrogens (tertiary/aromatic N) is 1. The third-order valence-electron chi connectivity index (χ3n) is 5.73. The molecule has 3 rings (SSSR count). The summed E-state index contributed by atoms with van der Waals surface area (Å²) in [5.41, 5.74) is 2.38. The molecule has 0 radical (unpaired) electrons. The van der Waals surface area contributed by atoms with Crippen molar-refractivity contribution in [3.63, 3.8) is 0 Å². The first-order valence-corrected chi connectivity index (χ1v) is 12.4. The van der Waals surface area contributed by atoms with Crippen LogP contribution in [0.1, 0.15) is 64.4 Å². The molecular formula is C24H30N2O5S. The topological polar surface area (TPSA) is 92.8 Å². The predicted molar refractivity (Wildman–Crippen MR) is 123 cm³/mol. The second kappa shape index (κ2) is 10.3. The molecule has 0 saturated carbocycles. The SMILES string of the molecule is CCOC(=O)c1cccc(NC(=O)c2cc(S(=O)(=O)N3CCCCCC3)ccc2C)c1C. The van der Waals surface area contributed by atoms with Crippen molar-refractivity contribution in [2.75, 3.05) is 25.0 Å². The molecule has 0 aromatic heterocycles. The minimum atomic E-state index is -3.67. The maximum atomic E-state index is 13.2. The van der Waals surface area contributed by atoms with E-state index in [-0.39, 0.29) is 17.1 Å². The maximum Gasteiger partial charge on any atom is 0.338 e. The van der Waals surface area contributed by atoms with Gasteiger partial charge in [0.1, 0.15) is 0 Å². The molecule has 0 unspecified atom stereocenters. The molecule has 2 aromatic carbocycles. The third kappa shape index (κ3) is 5.19. The number of anilines is 1. The highest BCUT2D eigenvalue weighted by atomic mass is 32.2. The monoisotopic (exact) mass is 458 g/mol. The van der Waals surface area contributed by atoms with E-state index in [0.717, 1.165) is 25.7 Å². The zero-order valence-electron chi connectivity index (χ0n) is 18.8. The van der Waals surface area contributed by atoms with E-state index in [1.54, 1.807) is 51.1 Å². The molecule has 0 bridgehead atoms. The highest BCUT2D eigenvalue weighted by Gasteiger charge is 2.26. The summed E-state index contributed by atoms with van der Waals surface area (Å²) in [7, 11) is -3.67. The molecule has 7 nitrogen and oxygen atoms in total. The Morgan fingerprint density at radius 2 is 1.69 bits per heavy atom. The lowest BCUT2D eigenvalue weighted by Crippen LogP contribution is -2.32. The third-order valence-corrected chi connectivity index (χ3v) is 7.63. The van der Waals surface area contributed by atoms with E-state index in [9.17, 15) is 18.0 Å². The number of esters is 1. The van der Waals surface area contributed by atoms with Crippen LogP contribution < -0.4 is 5.32 Å². The van der Waals surface area contributed by atoms with Gasteiger partial charge in [0.15, 0.2) is 0 Å². The first-order valence-electron chi connectivity index (χ1n) is 10.9. The van der Waals surface area contributed by atoms with Crippen LogP contribution in [0.3, 0.4) is 0 Å². The van der Waals surface area contributed by atoms with Gasteiger partial charge in [-0.1, -0.05) is 25.0 Å². The summed E-state index contributed by atoms with van der Waals surface area (Å²) >= 11 is 0. The summed E-state index contributed by atoms with van der Waals surface area (Å²) in [6.45, 7) is 6.48. The van der Waals surface area contributed by atoms with E-state index in [2.05, 4.69) is 5.32 Å². The highest BCUT2D eigenvalue weighted by Crippen LogP contribution is 2.25. The van der Waals surface area contributed by atoms with Crippen molar-refractivity contribution in [3.05, 3.63) is 58.7 Å². The molecule has 0 aliphatic carbocycles. The Hall–Kier alpha value is -2.71. The number of sulfonamides is 1. The lowest BCUT2D eigenvalue weighted by Gasteiger charge is -2.20. The van der Waals surface area contributed by atoms with E-state index in [1.807, 2.05) is 0 Å². The number of ether oxygens (including phenoxy) is 1. The standard InChI is InChI=1S/C24H30N2O5S/c1-4-31-24(28)20-10-9-11-22(18(20)3)25-23(27)21-16-19(13-12-17(21)2)32(29,30)26-14-7-5-6-8-15-26/h9-13,16H,4-8,14-15H2,1-3H3,(H,25,27). The number of hydrogen-bond acceptors (Lipinski definition) is 5. The van der Waals surface area contributed by atoms with Gasteiger partial charge in [-0.25, -0.2) is 13.2 Å². The number of nitrogens with one attached hydrogen (secondary N) is 1. The molecule has 1 amide bonds. The van der Waals surface area contributed by atoms with Crippen LogP contribution in [0.4, 0.5) is 5.69 Å². The van der Waals surface area contributed by atoms with Crippen LogP contribution in [-0.4, -0.2) is 44.3 Å². The Morgan fingerprint density at radius 1 is 1.00 bits per heavy atom. The van der Waals surface area contributed by atoms with Crippen LogP contribution in [0.2, 0.25) is 0 Å². The Bertz CT molecular complexity index is 1100. The molecule has 1 N–H and O–H groups in total. The van der Waals surface area contributed by atoms with Crippen molar-refractivity contribution in [1.82, 2.24) is 4.31 Å². The Balaban J connectivity index is 1.88. The summed E-state index contributed by atoms with van der Waals surface area (Å²) < 4.78 is 32.9. The van der Waals surface area contributed by atoms with Crippen LogP contribution in [0, 0.1) is 13.8 Å². The minimum Gasteiger partial charge on any atom is -0.462 e. The van der Waals surface area contributed by atoms with Gasteiger partial charge in [-0.15, -0.1) is 0 Å². The molecule has 8 heteroatoms. The predicted octanol–water partition coefficient (Wildman–Crippen LogP) is 4.30. The van der Waals surface area contributed by atoms with Crippen molar-refractivity contribution < 1.29 is 22.7 Å². The van der Waals surface area contributed by atoms with Gasteiger partial charge < -0.3 is 10.1 Å². The average Bonchev–Trinajstić information content (AvgIpc) is 3.05. The van der Waals surface area contributed by atoms with Gasteiger partial charge in [-0.05, 0) is 69.0 Å². The van der Waals surface area contributed by atoms with Gasteiger partial charge in [-0.3, -0.25) is 4.79 Å². The fourth-order valence-corrected chi connectivity index (χ4v) is 5.37. The van der Waals surface area contributed by atoms with Crippen molar-refractivity contribution in [2.45, 2.75) is 51.3 Å². The average molecular weight is 459 g/mol. The largest absolute Gasteiger partial charge is 0.462 e. The summed E-state index contributed by atoms with van der Waals surface area (Å²) in [4.78, 5) is 25.3. The number of hydrogen-bond donors (Lipinski definition) is 1. The van der Waals surface area contributed by atoms with Crippen LogP contribution in [0.15, 0.2) is 41.3 Å². The number of rotatable bonds is 6. The molecule has 1 saturated heterocycles. The van der Waals surface area contributed by atoms with Crippen LogP contribution in [0.5, 0.6) is 0 Å². The van der Waals surface area contributed by atoms with E-state index in [4.69, 9.17) is 4.74 Å². The van der Waals surface area contributed by atoms with Gasteiger partial charge in [0.2, 0.25) is 10.0 Å². The van der Waals surface area contributed by atoms with Gasteiger partial charge in [0.05, 0.1) is 17.1 Å². The Morgan fingerprint density at radius 3 is 2.34 bits per heavy atom. The maximum absolute atomic E-state index is 13.2. The van der Waals surface area contributed by atoms with E-state index in [0.29, 0.717) is 35.5 Å². The summed E-state index contributed by atoms with van der Waals surface area (Å²) in [6, 6.07) is 9.66. The summed E-state index contributed by atoms with van der Waals surface area (Å²) in [5.74, 6) is -0.887. The first-order chi connectivity index (χ1) is 15.3. The second-order valence-electron chi connectivity index (χ2n) is 7.95. The number of benzene rings is 2. The summed E-state index contributed by atoms with van der Waals surface area (Å²) in [6.07, 6.45) is 3.73. The normalized spacial score (nSPS) is 15.1. The van der Waals surface area contributed by atoms with E-state index in [1.165, 1.54) is 10.4 Å². The van der Waals surface area contributed by atoms with Gasteiger partial charge in [0.25, 0.3) is 5.91 Å². The van der Waals surface area contributed by atoms with E-state index >= 15 is 0 Å². The van der Waals surface area contributed by atoms with Crippen molar-refractivity contribution in [3.8, 4) is 0 Å². The molecule has 172 valence electrons. The molecular weight excluding hydrogens is 428 g/mol. The molecule has 32 heavy (non-hydrogen) atoms. The smallest absolute Gasteiger partial charge is 0.338 e. The molecule has 0 spiro atoms. The van der Waals surface area contributed by atoms with Crippen molar-refractivity contribution in [2.24, 2.45) is 0 Å². The van der Waals surface area contributed by atoms with Crippen LogP contribution >= 0.6 is 0 Å². The molecule has 1 aliphatic heterocycles. The lowest BCUT2D eigenvalue weighted by atomic mass is 10.1. The minimum absolute atomic E-state index is 0.118. The first kappa shape index (κ1) is 23.9. The molecule has 1 aliphatic rings. The lowest BCUT2D eigenvalue weighted by molar-refractivity contribution is 0.0525. The van der Waals surface area contributed by atoms with E-state index < -0.39 is 21.9 Å². The molecule has 1 fully saturated rings. The summed E-state index contributed by atoms with van der Waals surface area (Å²) in [5, 5.41) is 2.82. The van der Waals surface area contributed by atoms with Crippen LogP contribution in [-0.2, 0) is 14.8 Å². The van der Waals surface area contributed by atoms with Crippen LogP contribution in [0.25, 0.3) is 0 Å². The van der Waals surface area contributed by atoms with Gasteiger partial charge in [-0.2, -0.15) is 4.31 Å². The molecule has 2 aromatic rings. The van der Waals surface area contributed by atoms with Crippen molar-refractivity contribution in [1.29, 1.82) is 0 Å². The number of aryl methyl sites for hydroxylation is 1. The Labute approximate surface area is 189 Å². The zero-order chi connectivity index (χ0) is 23.3. The van der Waals surface area contributed by atoms with Crippen molar-refractivity contribution >= 4 is 27.6 Å². The molecule has 1 heterocycles. The second-order valence-corrected chi connectivity index (χ2v) is 9.89. The number of amides is 1. The quantitative estimate of drug-likeness (QED) is 0.652. The molecule has 0 atom stereocenters. The zero-order valence-corrected chi connectivity index (χ0v) is 19.6. The highest BCUT2D eigenvalue weighted by molar-refractivity contribution is 7.89. The Kier molecular flexibility index (Phi) is 7.69. The fraction of sp³-hybridized carbons (Fsp3) is 0.417. The number of carbonyl (C=O) groups is 2. The number of carbonyl (C=O) groups excluding carboxylic acids is 2. The van der Waals surface area contributed by atoms with Gasteiger partial charge in [0, 0.05) is 24.3 Å². The van der Waals surface area contributed by atoms with Gasteiger partial charge >= 0.3 is 5.97 Å². The fourth-order valence-electron chi connectivity index (χ4n) is 3.83.